The minimum atomic E-state index is -0.339. The molecule has 0 saturated carbocycles. The van der Waals surface area contributed by atoms with E-state index in [1.165, 1.54) is 24.3 Å². The Morgan fingerprint density at radius 3 is 2.68 bits per heavy atom. The van der Waals surface area contributed by atoms with Crippen LogP contribution in [-0.4, -0.2) is 5.91 Å². The molecule has 0 spiro atoms. The Balaban J connectivity index is 2.04. The average Bonchev–Trinajstić information content (AvgIpc) is 2.39. The largest absolute Gasteiger partial charge is 0.321 e. The summed E-state index contributed by atoms with van der Waals surface area (Å²) in [5.74, 6) is -0.661. The molecule has 1 N–H and O–H groups in total. The van der Waals surface area contributed by atoms with Crippen LogP contribution in [0.25, 0.3) is 6.08 Å². The van der Waals surface area contributed by atoms with Crippen molar-refractivity contribution in [2.24, 2.45) is 0 Å². The van der Waals surface area contributed by atoms with Gasteiger partial charge in [-0.05, 0) is 35.9 Å². The van der Waals surface area contributed by atoms with Crippen molar-refractivity contribution in [1.29, 1.82) is 0 Å². The number of anilines is 1. The van der Waals surface area contributed by atoms with Crippen molar-refractivity contribution in [2.75, 3.05) is 5.32 Å². The van der Waals surface area contributed by atoms with Crippen LogP contribution in [0, 0.1) is 5.82 Å². The number of halogens is 2. The molecule has 2 nitrogen and oxygen atoms in total. The summed E-state index contributed by atoms with van der Waals surface area (Å²) in [5, 5.41) is 3.11. The van der Waals surface area contributed by atoms with E-state index >= 15 is 0 Å². The third-order valence-electron chi connectivity index (χ3n) is 2.41. The van der Waals surface area contributed by atoms with E-state index in [0.29, 0.717) is 16.3 Å². The maximum absolute atomic E-state index is 12.9. The smallest absolute Gasteiger partial charge is 0.248 e. The molecule has 0 radical (unpaired) electrons. The van der Waals surface area contributed by atoms with Gasteiger partial charge in [0, 0.05) is 6.08 Å². The highest BCUT2D eigenvalue weighted by molar-refractivity contribution is 6.33. The van der Waals surface area contributed by atoms with Crippen LogP contribution in [0.5, 0.6) is 0 Å². The summed E-state index contributed by atoms with van der Waals surface area (Å²) < 4.78 is 12.9. The molecule has 0 aliphatic heterocycles. The predicted molar refractivity (Wildman–Crippen MR) is 75.5 cm³/mol. The number of para-hydroxylation sites is 1. The molecule has 4 heteroatoms. The van der Waals surface area contributed by atoms with Crippen molar-refractivity contribution < 1.29 is 9.18 Å². The Kier molecular flexibility index (Phi) is 4.31. The molecule has 19 heavy (non-hydrogen) atoms. The summed E-state index contributed by atoms with van der Waals surface area (Å²) in [5.41, 5.74) is 1.16. The maximum atomic E-state index is 12.9. The Morgan fingerprint density at radius 2 is 1.95 bits per heavy atom. The van der Waals surface area contributed by atoms with E-state index in [4.69, 9.17) is 11.6 Å². The molecular weight excluding hydrogens is 265 g/mol. The first-order chi connectivity index (χ1) is 9.15. The first-order valence-corrected chi connectivity index (χ1v) is 6.02. The minimum Gasteiger partial charge on any atom is -0.321 e. The zero-order chi connectivity index (χ0) is 13.7. The fourth-order valence-electron chi connectivity index (χ4n) is 1.52. The first-order valence-electron chi connectivity index (χ1n) is 5.64. The minimum absolute atomic E-state index is 0.322. The second-order valence-corrected chi connectivity index (χ2v) is 4.26. The van der Waals surface area contributed by atoms with E-state index in [2.05, 4.69) is 5.32 Å². The maximum Gasteiger partial charge on any atom is 0.248 e. The van der Waals surface area contributed by atoms with Crippen molar-refractivity contribution in [3.8, 4) is 0 Å². The lowest BCUT2D eigenvalue weighted by Gasteiger charge is -2.03. The molecule has 0 saturated heterocycles. The Bertz CT molecular complexity index is 625. The van der Waals surface area contributed by atoms with Crippen molar-refractivity contribution in [2.45, 2.75) is 0 Å². The van der Waals surface area contributed by atoms with Crippen LogP contribution in [0.4, 0.5) is 10.1 Å². The summed E-state index contributed by atoms with van der Waals surface area (Å²) in [6.45, 7) is 0. The Morgan fingerprint density at radius 1 is 1.16 bits per heavy atom. The van der Waals surface area contributed by atoms with Gasteiger partial charge < -0.3 is 5.32 Å². The van der Waals surface area contributed by atoms with Gasteiger partial charge in [0.2, 0.25) is 5.91 Å². The highest BCUT2D eigenvalue weighted by Gasteiger charge is 2.01. The fraction of sp³-hybridized carbons (Fsp3) is 0. The van der Waals surface area contributed by atoms with Crippen LogP contribution in [0.15, 0.2) is 54.6 Å². The summed E-state index contributed by atoms with van der Waals surface area (Å²) in [6.07, 6.45) is 2.87. The van der Waals surface area contributed by atoms with Crippen LogP contribution < -0.4 is 5.32 Å². The number of carbonyl (C=O) groups excluding carboxylic acids is 1. The molecule has 2 rings (SSSR count). The number of hydrogen-bond donors (Lipinski definition) is 1. The summed E-state index contributed by atoms with van der Waals surface area (Å²) in [4.78, 5) is 11.7. The van der Waals surface area contributed by atoms with Crippen molar-refractivity contribution in [1.82, 2.24) is 0 Å². The Hall–Kier alpha value is -2.13. The van der Waals surface area contributed by atoms with Gasteiger partial charge in [-0.2, -0.15) is 0 Å². The third-order valence-corrected chi connectivity index (χ3v) is 2.74. The summed E-state index contributed by atoms with van der Waals surface area (Å²) in [7, 11) is 0. The van der Waals surface area contributed by atoms with Crippen LogP contribution in [-0.2, 0) is 4.79 Å². The fourth-order valence-corrected chi connectivity index (χ4v) is 1.70. The van der Waals surface area contributed by atoms with Gasteiger partial charge in [0.15, 0.2) is 0 Å². The molecule has 2 aromatic rings. The van der Waals surface area contributed by atoms with Crippen molar-refractivity contribution in [3.05, 3.63) is 71.0 Å². The number of nitrogens with one attached hydrogen (secondary N) is 1. The highest BCUT2D eigenvalue weighted by atomic mass is 35.5. The molecule has 0 aromatic heterocycles. The Labute approximate surface area is 115 Å². The highest BCUT2D eigenvalue weighted by Crippen LogP contribution is 2.20. The van der Waals surface area contributed by atoms with Gasteiger partial charge in [-0.15, -0.1) is 0 Å². The van der Waals surface area contributed by atoms with Gasteiger partial charge >= 0.3 is 0 Å². The molecule has 0 heterocycles. The molecule has 96 valence electrons. The normalized spacial score (nSPS) is 10.6. The van der Waals surface area contributed by atoms with E-state index in [9.17, 15) is 9.18 Å². The molecule has 1 amide bonds. The molecule has 0 fully saturated rings. The van der Waals surface area contributed by atoms with E-state index in [-0.39, 0.29) is 11.7 Å². The topological polar surface area (TPSA) is 29.1 Å². The van der Waals surface area contributed by atoms with Crippen LogP contribution >= 0.6 is 11.6 Å². The van der Waals surface area contributed by atoms with E-state index in [0.717, 1.165) is 0 Å². The van der Waals surface area contributed by atoms with Gasteiger partial charge in [0.05, 0.1) is 10.7 Å². The lowest BCUT2D eigenvalue weighted by Crippen LogP contribution is -2.07. The number of carbonyl (C=O) groups is 1. The molecule has 0 aliphatic carbocycles. The van der Waals surface area contributed by atoms with Gasteiger partial charge in [0.1, 0.15) is 5.82 Å². The van der Waals surface area contributed by atoms with E-state index in [1.807, 2.05) is 0 Å². The molecule has 0 bridgehead atoms. The van der Waals surface area contributed by atoms with Crippen LogP contribution in [0.2, 0.25) is 5.02 Å². The SMILES string of the molecule is O=C(C=Cc1cccc(F)c1)Nc1ccccc1Cl. The molecule has 2 aromatic carbocycles. The average molecular weight is 276 g/mol. The lowest BCUT2D eigenvalue weighted by atomic mass is 10.2. The van der Waals surface area contributed by atoms with Crippen molar-refractivity contribution in [3.63, 3.8) is 0 Å². The van der Waals surface area contributed by atoms with Crippen molar-refractivity contribution >= 4 is 29.3 Å². The quantitative estimate of drug-likeness (QED) is 0.839. The zero-order valence-electron chi connectivity index (χ0n) is 9.94. The van der Waals surface area contributed by atoms with Crippen LogP contribution in [0.3, 0.4) is 0 Å². The van der Waals surface area contributed by atoms with Gasteiger partial charge in [-0.25, -0.2) is 4.39 Å². The second kappa shape index (κ2) is 6.16. The summed E-state index contributed by atoms with van der Waals surface area (Å²) in [6, 6.07) is 12.9. The second-order valence-electron chi connectivity index (χ2n) is 3.86. The molecule has 0 unspecified atom stereocenters. The van der Waals surface area contributed by atoms with Gasteiger partial charge in [0.25, 0.3) is 0 Å². The first kappa shape index (κ1) is 13.3. The predicted octanol–water partition coefficient (Wildman–Crippen LogP) is 4.13. The molecule has 0 aliphatic rings. The lowest BCUT2D eigenvalue weighted by molar-refractivity contribution is -0.111. The standard InChI is InChI=1S/C15H11ClFNO/c16-13-6-1-2-7-14(13)18-15(19)9-8-11-4-3-5-12(17)10-11/h1-10H,(H,18,19). The van der Waals surface area contributed by atoms with Gasteiger partial charge in [-0.3, -0.25) is 4.79 Å². The monoisotopic (exact) mass is 275 g/mol. The van der Waals surface area contributed by atoms with Crippen LogP contribution in [0.1, 0.15) is 5.56 Å². The zero-order valence-corrected chi connectivity index (χ0v) is 10.7. The number of amides is 1. The third kappa shape index (κ3) is 3.93. The molecule has 0 atom stereocenters. The van der Waals surface area contributed by atoms with E-state index < -0.39 is 0 Å². The van der Waals surface area contributed by atoms with Gasteiger partial charge in [-0.1, -0.05) is 35.9 Å². The number of hydrogen-bond acceptors (Lipinski definition) is 1. The molecular formula is C15H11ClFNO. The van der Waals surface area contributed by atoms with E-state index in [1.54, 1.807) is 36.4 Å². The number of benzene rings is 2. The summed E-state index contributed by atoms with van der Waals surface area (Å²) >= 11 is 5.92. The number of rotatable bonds is 3.